The lowest BCUT2D eigenvalue weighted by atomic mass is 10.4. The zero-order chi connectivity index (χ0) is 7.78. The van der Waals surface area contributed by atoms with Crippen LogP contribution in [0.15, 0.2) is 0 Å². The summed E-state index contributed by atoms with van der Waals surface area (Å²) in [5.41, 5.74) is 0. The van der Waals surface area contributed by atoms with Crippen LogP contribution in [0.5, 0.6) is 0 Å². The van der Waals surface area contributed by atoms with Gasteiger partial charge in [0.05, 0.1) is 0 Å². The van der Waals surface area contributed by atoms with Gasteiger partial charge in [0.2, 0.25) is 0 Å². The number of rotatable bonds is 0. The van der Waals surface area contributed by atoms with Gasteiger partial charge in [-0.15, -0.1) is 0 Å². The lowest BCUT2D eigenvalue weighted by Gasteiger charge is -1.97. The molecule has 0 N–H and O–H groups in total. The number of thioether (sulfide) groups is 3. The molecule has 0 aromatic rings. The van der Waals surface area contributed by atoms with E-state index in [1.54, 1.807) is 0 Å². The molecule has 3 heteroatoms. The van der Waals surface area contributed by atoms with E-state index in [0.717, 1.165) is 0 Å². The van der Waals surface area contributed by atoms with Gasteiger partial charge in [0.25, 0.3) is 0 Å². The summed E-state index contributed by atoms with van der Waals surface area (Å²) >= 11 is 6.38. The fourth-order valence-corrected chi connectivity index (χ4v) is 4.26. The van der Waals surface area contributed by atoms with E-state index in [0.29, 0.717) is 0 Å². The van der Waals surface area contributed by atoms with Crippen molar-refractivity contribution in [1.82, 2.24) is 0 Å². The van der Waals surface area contributed by atoms with E-state index in [-0.39, 0.29) is 0 Å². The molecule has 0 aliphatic carbocycles. The molecule has 0 radical (unpaired) electrons. The van der Waals surface area contributed by atoms with Gasteiger partial charge in [0, 0.05) is 23.0 Å². The van der Waals surface area contributed by atoms with Gasteiger partial charge >= 0.3 is 0 Å². The second-order valence-corrected chi connectivity index (χ2v) is 6.22. The van der Waals surface area contributed by atoms with Gasteiger partial charge in [-0.05, 0) is 24.3 Å². The Kier molecular flexibility index (Phi) is 7.08. The summed E-state index contributed by atoms with van der Waals surface area (Å²) in [5, 5.41) is 0. The average Bonchev–Trinajstić information content (AvgIpc) is 2.08. The van der Waals surface area contributed by atoms with E-state index in [1.165, 1.54) is 47.4 Å². The SMILES string of the molecule is C1CCSCCSCCSC1. The van der Waals surface area contributed by atoms with Crippen molar-refractivity contribution in [1.29, 1.82) is 0 Å². The lowest BCUT2D eigenvalue weighted by molar-refractivity contribution is 0.907. The van der Waals surface area contributed by atoms with Crippen LogP contribution in [0.25, 0.3) is 0 Å². The Labute approximate surface area is 82.7 Å². The van der Waals surface area contributed by atoms with Crippen LogP contribution < -0.4 is 0 Å². The molecule has 66 valence electrons. The highest BCUT2D eigenvalue weighted by molar-refractivity contribution is 8.04. The molecule has 1 heterocycles. The van der Waals surface area contributed by atoms with Gasteiger partial charge in [0.15, 0.2) is 0 Å². The van der Waals surface area contributed by atoms with Gasteiger partial charge in [0.1, 0.15) is 0 Å². The molecule has 0 unspecified atom stereocenters. The first-order valence-corrected chi connectivity index (χ1v) is 7.70. The molecule has 1 fully saturated rings. The van der Waals surface area contributed by atoms with E-state index < -0.39 is 0 Å². The second kappa shape index (κ2) is 7.69. The summed E-state index contributed by atoms with van der Waals surface area (Å²) in [7, 11) is 0. The summed E-state index contributed by atoms with van der Waals surface area (Å²) in [5.74, 6) is 8.25. The molecule has 0 amide bonds. The molecule has 0 aromatic carbocycles. The Morgan fingerprint density at radius 2 is 0.818 bits per heavy atom. The maximum atomic E-state index is 2.13. The predicted octanol–water partition coefficient (Wildman–Crippen LogP) is 2.98. The Hall–Kier alpha value is 1.05. The Morgan fingerprint density at radius 1 is 0.455 bits per heavy atom. The van der Waals surface area contributed by atoms with Crippen molar-refractivity contribution >= 4 is 35.3 Å². The molecule has 1 saturated heterocycles. The minimum Gasteiger partial charge on any atom is -0.161 e. The van der Waals surface area contributed by atoms with Crippen molar-refractivity contribution in [3.8, 4) is 0 Å². The van der Waals surface area contributed by atoms with Gasteiger partial charge in [-0.3, -0.25) is 0 Å². The van der Waals surface area contributed by atoms with Crippen LogP contribution >= 0.6 is 35.3 Å². The quantitative estimate of drug-likeness (QED) is 0.601. The Morgan fingerprint density at radius 3 is 1.27 bits per heavy atom. The van der Waals surface area contributed by atoms with E-state index in [2.05, 4.69) is 35.3 Å². The normalized spacial score (nSPS) is 24.0. The highest BCUT2D eigenvalue weighted by atomic mass is 32.2. The van der Waals surface area contributed by atoms with Gasteiger partial charge < -0.3 is 0 Å². The minimum absolute atomic E-state index is 1.37. The van der Waals surface area contributed by atoms with Crippen LogP contribution in [0.1, 0.15) is 12.8 Å². The van der Waals surface area contributed by atoms with E-state index >= 15 is 0 Å². The molecule has 1 aliphatic heterocycles. The topological polar surface area (TPSA) is 0 Å². The Balaban J connectivity index is 2.02. The molecule has 0 bridgehead atoms. The second-order valence-electron chi connectivity index (χ2n) is 2.54. The molecular weight excluding hydrogens is 192 g/mol. The van der Waals surface area contributed by atoms with Crippen molar-refractivity contribution in [3.05, 3.63) is 0 Å². The van der Waals surface area contributed by atoms with Crippen LogP contribution in [-0.4, -0.2) is 34.5 Å². The summed E-state index contributed by atoms with van der Waals surface area (Å²) in [6, 6.07) is 0. The van der Waals surface area contributed by atoms with Crippen LogP contribution in [0, 0.1) is 0 Å². The van der Waals surface area contributed by atoms with Crippen LogP contribution in [-0.2, 0) is 0 Å². The van der Waals surface area contributed by atoms with Crippen molar-refractivity contribution in [3.63, 3.8) is 0 Å². The highest BCUT2D eigenvalue weighted by Crippen LogP contribution is 2.15. The first-order valence-electron chi connectivity index (χ1n) is 4.23. The largest absolute Gasteiger partial charge is 0.161 e. The molecule has 1 rings (SSSR count). The zero-order valence-corrected chi connectivity index (χ0v) is 9.33. The van der Waals surface area contributed by atoms with E-state index in [1.807, 2.05) is 0 Å². The van der Waals surface area contributed by atoms with E-state index in [9.17, 15) is 0 Å². The minimum atomic E-state index is 1.37. The third kappa shape index (κ3) is 6.23. The third-order valence-electron chi connectivity index (χ3n) is 1.57. The molecular formula is C8H16S3. The maximum absolute atomic E-state index is 2.13. The van der Waals surface area contributed by atoms with Crippen molar-refractivity contribution in [2.24, 2.45) is 0 Å². The lowest BCUT2D eigenvalue weighted by Crippen LogP contribution is -1.88. The molecule has 0 spiro atoms. The third-order valence-corrected chi connectivity index (χ3v) is 5.21. The maximum Gasteiger partial charge on any atom is 0.00238 e. The first-order chi connectivity index (χ1) is 5.50. The van der Waals surface area contributed by atoms with E-state index in [4.69, 9.17) is 0 Å². The standard InChI is InChI=1S/C8H16S3/c1-2-4-10-6-8-11-7-5-9-3-1/h1-8H2. The fourth-order valence-electron chi connectivity index (χ4n) is 0.950. The molecule has 0 saturated carbocycles. The van der Waals surface area contributed by atoms with Gasteiger partial charge in [-0.25, -0.2) is 0 Å². The van der Waals surface area contributed by atoms with Crippen molar-refractivity contribution < 1.29 is 0 Å². The summed E-state index contributed by atoms with van der Waals surface area (Å²) in [4.78, 5) is 0. The van der Waals surface area contributed by atoms with Gasteiger partial charge in [-0.1, -0.05) is 0 Å². The zero-order valence-electron chi connectivity index (χ0n) is 6.88. The van der Waals surface area contributed by atoms with Crippen molar-refractivity contribution in [2.45, 2.75) is 12.8 Å². The van der Waals surface area contributed by atoms with Crippen molar-refractivity contribution in [2.75, 3.05) is 34.5 Å². The molecule has 0 atom stereocenters. The van der Waals surface area contributed by atoms with Crippen LogP contribution in [0.4, 0.5) is 0 Å². The smallest absolute Gasteiger partial charge is 0.00238 e. The molecule has 1 aliphatic rings. The van der Waals surface area contributed by atoms with Crippen LogP contribution in [0.3, 0.4) is 0 Å². The average molecular weight is 208 g/mol. The fraction of sp³-hybridized carbons (Fsp3) is 1.00. The number of hydrogen-bond acceptors (Lipinski definition) is 3. The molecule has 11 heavy (non-hydrogen) atoms. The predicted molar refractivity (Wildman–Crippen MR) is 61.2 cm³/mol. The molecule has 0 nitrogen and oxygen atoms in total. The molecule has 0 aromatic heterocycles. The first kappa shape index (κ1) is 10.1. The summed E-state index contributed by atoms with van der Waals surface area (Å²) < 4.78 is 0. The highest BCUT2D eigenvalue weighted by Gasteiger charge is 1.96. The number of hydrogen-bond donors (Lipinski definition) is 0. The summed E-state index contributed by atoms with van der Waals surface area (Å²) in [6.07, 6.45) is 2.87. The monoisotopic (exact) mass is 208 g/mol. The summed E-state index contributed by atoms with van der Waals surface area (Å²) in [6.45, 7) is 0. The van der Waals surface area contributed by atoms with Gasteiger partial charge in [-0.2, -0.15) is 35.3 Å². The Bertz CT molecular complexity index is 47.4. The van der Waals surface area contributed by atoms with Crippen LogP contribution in [0.2, 0.25) is 0 Å².